The van der Waals surface area contributed by atoms with Crippen molar-refractivity contribution in [3.63, 3.8) is 0 Å². The van der Waals surface area contributed by atoms with Crippen LogP contribution >= 0.6 is 0 Å². The van der Waals surface area contributed by atoms with Gasteiger partial charge in [-0.25, -0.2) is 0 Å². The average Bonchev–Trinajstić information content (AvgIpc) is 2.75. The molecule has 1 aromatic heterocycles. The Balaban J connectivity index is 1.83. The molecule has 1 fully saturated rings. The summed E-state index contributed by atoms with van der Waals surface area (Å²) in [4.78, 5) is 1.46. The molecule has 2 heterocycles. The van der Waals surface area contributed by atoms with Crippen LogP contribution in [0, 0.1) is 0 Å². The zero-order chi connectivity index (χ0) is 12.1. The Hall–Kier alpha value is -1.05. The number of ether oxygens (including phenoxy) is 1. The summed E-state index contributed by atoms with van der Waals surface area (Å²) < 4.78 is 5.70. The number of aryl methyl sites for hydroxylation is 1. The van der Waals surface area contributed by atoms with Crippen LogP contribution in [0.4, 0.5) is 0 Å². The van der Waals surface area contributed by atoms with E-state index in [1.54, 1.807) is 7.05 Å². The van der Waals surface area contributed by atoms with Crippen LogP contribution in [-0.2, 0) is 18.2 Å². The highest BCUT2D eigenvalue weighted by Gasteiger charge is 2.20. The van der Waals surface area contributed by atoms with E-state index in [4.69, 9.17) is 10.6 Å². The number of tetrazole rings is 1. The van der Waals surface area contributed by atoms with Crippen molar-refractivity contribution < 1.29 is 4.74 Å². The lowest BCUT2D eigenvalue weighted by atomic mass is 10.0. The van der Waals surface area contributed by atoms with Gasteiger partial charge in [-0.2, -0.15) is 4.80 Å². The van der Waals surface area contributed by atoms with E-state index in [9.17, 15) is 0 Å². The third-order valence-corrected chi connectivity index (χ3v) is 3.04. The van der Waals surface area contributed by atoms with Crippen molar-refractivity contribution in [1.29, 1.82) is 0 Å². The first-order valence-corrected chi connectivity index (χ1v) is 6.08. The molecule has 0 aromatic carbocycles. The van der Waals surface area contributed by atoms with Crippen LogP contribution in [0.5, 0.6) is 0 Å². The van der Waals surface area contributed by atoms with Gasteiger partial charge in [0.05, 0.1) is 13.2 Å². The highest BCUT2D eigenvalue weighted by Crippen LogP contribution is 2.17. The normalized spacial score (nSPS) is 22.6. The Kier molecular flexibility index (Phi) is 4.41. The van der Waals surface area contributed by atoms with Gasteiger partial charge in [-0.1, -0.05) is 0 Å². The fraction of sp³-hybridized carbons (Fsp3) is 0.900. The molecule has 96 valence electrons. The second kappa shape index (κ2) is 6.04. The maximum atomic E-state index is 5.70. The van der Waals surface area contributed by atoms with Crippen LogP contribution in [0.25, 0.3) is 0 Å². The van der Waals surface area contributed by atoms with Crippen molar-refractivity contribution in [3.8, 4) is 0 Å². The fourth-order valence-electron chi connectivity index (χ4n) is 2.15. The molecular formula is C10H20N6O. The molecular weight excluding hydrogens is 220 g/mol. The smallest absolute Gasteiger partial charge is 0.176 e. The summed E-state index contributed by atoms with van der Waals surface area (Å²) >= 11 is 0. The van der Waals surface area contributed by atoms with E-state index in [0.717, 1.165) is 19.4 Å². The molecule has 1 aliphatic heterocycles. The predicted octanol–water partition coefficient (Wildman–Crippen LogP) is -0.456. The summed E-state index contributed by atoms with van der Waals surface area (Å²) in [7, 11) is 1.76. The molecule has 0 spiro atoms. The topological polar surface area (TPSA) is 90.9 Å². The van der Waals surface area contributed by atoms with Crippen molar-refractivity contribution in [2.45, 2.75) is 44.2 Å². The number of aromatic nitrogens is 4. The van der Waals surface area contributed by atoms with Crippen molar-refractivity contribution in [1.82, 2.24) is 25.6 Å². The molecule has 0 bridgehead atoms. The molecule has 0 saturated carbocycles. The minimum atomic E-state index is 0.141. The van der Waals surface area contributed by atoms with Crippen LogP contribution in [0.2, 0.25) is 0 Å². The van der Waals surface area contributed by atoms with Crippen LogP contribution in [0.3, 0.4) is 0 Å². The summed E-state index contributed by atoms with van der Waals surface area (Å²) in [5.41, 5.74) is 2.81. The quantitative estimate of drug-likeness (QED) is 0.535. The van der Waals surface area contributed by atoms with Crippen LogP contribution in [0.1, 0.15) is 31.5 Å². The number of hydrogen-bond acceptors (Lipinski definition) is 6. The van der Waals surface area contributed by atoms with Gasteiger partial charge in [-0.3, -0.25) is 11.3 Å². The average molecular weight is 240 g/mol. The second-order valence-electron chi connectivity index (χ2n) is 4.49. The first kappa shape index (κ1) is 12.4. The zero-order valence-electron chi connectivity index (χ0n) is 10.2. The SMILES string of the molecule is Cn1nnc(CC(CC2CCCCO2)NN)n1. The van der Waals surface area contributed by atoms with E-state index in [1.165, 1.54) is 17.6 Å². The lowest BCUT2D eigenvalue weighted by Gasteiger charge is -2.26. The molecule has 0 aliphatic carbocycles. The highest BCUT2D eigenvalue weighted by atomic mass is 16.5. The molecule has 1 aromatic rings. The maximum absolute atomic E-state index is 5.70. The number of rotatable bonds is 5. The van der Waals surface area contributed by atoms with Crippen LogP contribution in [0.15, 0.2) is 0 Å². The highest BCUT2D eigenvalue weighted by molar-refractivity contribution is 4.85. The molecule has 0 radical (unpaired) electrons. The molecule has 0 amide bonds. The Morgan fingerprint density at radius 2 is 2.47 bits per heavy atom. The van der Waals surface area contributed by atoms with Gasteiger partial charge in [0.1, 0.15) is 0 Å². The van der Waals surface area contributed by atoms with Gasteiger partial charge in [0, 0.05) is 19.1 Å². The minimum Gasteiger partial charge on any atom is -0.378 e. The Bertz CT molecular complexity index is 335. The van der Waals surface area contributed by atoms with Gasteiger partial charge in [0.2, 0.25) is 0 Å². The van der Waals surface area contributed by atoms with Crippen molar-refractivity contribution in [3.05, 3.63) is 5.82 Å². The van der Waals surface area contributed by atoms with Crippen molar-refractivity contribution in [2.75, 3.05) is 6.61 Å². The number of hydrazine groups is 1. The number of hydrogen-bond donors (Lipinski definition) is 2. The maximum Gasteiger partial charge on any atom is 0.176 e. The first-order chi connectivity index (χ1) is 8.28. The Labute approximate surface area is 101 Å². The number of nitrogens with one attached hydrogen (secondary N) is 1. The van der Waals surface area contributed by atoms with Crippen LogP contribution < -0.4 is 11.3 Å². The molecule has 1 saturated heterocycles. The predicted molar refractivity (Wildman–Crippen MR) is 61.8 cm³/mol. The van der Waals surface area contributed by atoms with Gasteiger partial charge >= 0.3 is 0 Å². The van der Waals surface area contributed by atoms with E-state index in [1.807, 2.05) is 0 Å². The third-order valence-electron chi connectivity index (χ3n) is 3.04. The number of nitrogens with two attached hydrogens (primary N) is 1. The summed E-state index contributed by atoms with van der Waals surface area (Å²) in [6, 6.07) is 0.141. The molecule has 2 rings (SSSR count). The number of nitrogens with zero attached hydrogens (tertiary/aromatic N) is 4. The van der Waals surface area contributed by atoms with Gasteiger partial charge in [0.15, 0.2) is 5.82 Å². The van der Waals surface area contributed by atoms with Crippen LogP contribution in [-0.4, -0.2) is 39.0 Å². The Morgan fingerprint density at radius 1 is 1.59 bits per heavy atom. The van der Waals surface area contributed by atoms with Gasteiger partial charge < -0.3 is 4.74 Å². The summed E-state index contributed by atoms with van der Waals surface area (Å²) in [6.07, 6.45) is 5.42. The standard InChI is InChI=1S/C10H20N6O/c1-16-14-10(13-15-16)7-8(12-11)6-9-4-2-3-5-17-9/h8-9,12H,2-7,11H2,1H3. The molecule has 1 aliphatic rings. The van der Waals surface area contributed by atoms with Gasteiger partial charge in [-0.05, 0) is 30.9 Å². The summed E-state index contributed by atoms with van der Waals surface area (Å²) in [6.45, 7) is 0.866. The molecule has 3 N–H and O–H groups in total. The third kappa shape index (κ3) is 3.72. The lowest BCUT2D eigenvalue weighted by molar-refractivity contribution is 0.00513. The van der Waals surface area contributed by atoms with Crippen molar-refractivity contribution in [2.24, 2.45) is 12.9 Å². The van der Waals surface area contributed by atoms with Crippen molar-refractivity contribution >= 4 is 0 Å². The molecule has 2 unspecified atom stereocenters. The van der Waals surface area contributed by atoms with E-state index in [-0.39, 0.29) is 6.04 Å². The first-order valence-electron chi connectivity index (χ1n) is 6.08. The molecule has 7 nitrogen and oxygen atoms in total. The largest absolute Gasteiger partial charge is 0.378 e. The van der Waals surface area contributed by atoms with E-state index < -0.39 is 0 Å². The van der Waals surface area contributed by atoms with E-state index >= 15 is 0 Å². The summed E-state index contributed by atoms with van der Waals surface area (Å²) in [5, 5.41) is 11.9. The lowest BCUT2D eigenvalue weighted by Crippen LogP contribution is -2.40. The Morgan fingerprint density at radius 3 is 3.06 bits per heavy atom. The van der Waals surface area contributed by atoms with Gasteiger partial charge in [-0.15, -0.1) is 10.2 Å². The molecule has 2 atom stereocenters. The molecule has 17 heavy (non-hydrogen) atoms. The van der Waals surface area contributed by atoms with Gasteiger partial charge in [0.25, 0.3) is 0 Å². The van der Waals surface area contributed by atoms with E-state index in [0.29, 0.717) is 18.3 Å². The molecule has 7 heteroatoms. The summed E-state index contributed by atoms with van der Waals surface area (Å²) in [5.74, 6) is 6.27. The monoisotopic (exact) mass is 240 g/mol. The van der Waals surface area contributed by atoms with E-state index in [2.05, 4.69) is 20.8 Å². The minimum absolute atomic E-state index is 0.141. The zero-order valence-corrected chi connectivity index (χ0v) is 10.2. The fourth-order valence-corrected chi connectivity index (χ4v) is 2.15. The second-order valence-corrected chi connectivity index (χ2v) is 4.49.